The van der Waals surface area contributed by atoms with E-state index in [4.69, 9.17) is 5.73 Å². The first kappa shape index (κ1) is 11.6. The van der Waals surface area contributed by atoms with Gasteiger partial charge in [-0.1, -0.05) is 12.1 Å². The highest BCUT2D eigenvalue weighted by atomic mass is 32.2. The molecule has 4 heteroatoms. The number of anilines is 1. The van der Waals surface area contributed by atoms with Crippen molar-refractivity contribution in [2.75, 3.05) is 17.2 Å². The third kappa shape index (κ3) is 2.28. The fourth-order valence-electron chi connectivity index (χ4n) is 2.11. The van der Waals surface area contributed by atoms with E-state index in [0.717, 1.165) is 24.3 Å². The van der Waals surface area contributed by atoms with E-state index < -0.39 is 6.10 Å². The van der Waals surface area contributed by atoms with Crippen LogP contribution in [0.2, 0.25) is 0 Å². The van der Waals surface area contributed by atoms with Crippen LogP contribution in [-0.4, -0.2) is 21.7 Å². The number of hydrogen-bond acceptors (Lipinski definition) is 4. The van der Waals surface area contributed by atoms with Crippen molar-refractivity contribution in [1.29, 1.82) is 0 Å². The van der Waals surface area contributed by atoms with Gasteiger partial charge in [0.05, 0.1) is 11.8 Å². The van der Waals surface area contributed by atoms with Gasteiger partial charge in [-0.25, -0.2) is 0 Å². The number of thioether (sulfide) groups is 1. The maximum absolute atomic E-state index is 10.3. The van der Waals surface area contributed by atoms with Gasteiger partial charge >= 0.3 is 0 Å². The number of aromatic hydroxyl groups is 1. The van der Waals surface area contributed by atoms with Crippen LogP contribution in [0.3, 0.4) is 0 Å². The van der Waals surface area contributed by atoms with Crippen LogP contribution < -0.4 is 5.73 Å². The van der Waals surface area contributed by atoms with Crippen LogP contribution in [-0.2, 0) is 0 Å². The average molecular weight is 239 g/mol. The Balaban J connectivity index is 2.19. The SMILES string of the molecule is Nc1c(O)cccc1C(O)C1CCSCC1. The molecule has 0 bridgehead atoms. The lowest BCUT2D eigenvalue weighted by molar-refractivity contribution is 0.103. The molecule has 0 spiro atoms. The summed E-state index contributed by atoms with van der Waals surface area (Å²) in [6.07, 6.45) is 1.48. The molecule has 1 aliphatic heterocycles. The molecule has 3 nitrogen and oxygen atoms in total. The Hall–Kier alpha value is -0.870. The number of nitrogen functional groups attached to an aromatic ring is 1. The maximum Gasteiger partial charge on any atom is 0.138 e. The van der Waals surface area contributed by atoms with E-state index in [1.807, 2.05) is 11.8 Å². The van der Waals surface area contributed by atoms with Crippen molar-refractivity contribution in [3.8, 4) is 5.75 Å². The van der Waals surface area contributed by atoms with Crippen molar-refractivity contribution >= 4 is 17.4 Å². The molecule has 0 aliphatic carbocycles. The smallest absolute Gasteiger partial charge is 0.138 e. The standard InChI is InChI=1S/C12H17NO2S/c13-11-9(2-1-3-10(11)14)12(15)8-4-6-16-7-5-8/h1-3,8,12,14-15H,4-7,13H2. The Morgan fingerprint density at radius 1 is 1.31 bits per heavy atom. The van der Waals surface area contributed by atoms with Gasteiger partial charge in [0.25, 0.3) is 0 Å². The largest absolute Gasteiger partial charge is 0.506 e. The first-order valence-electron chi connectivity index (χ1n) is 5.53. The van der Waals surface area contributed by atoms with Crippen LogP contribution in [0.15, 0.2) is 18.2 Å². The third-order valence-electron chi connectivity index (χ3n) is 3.15. The summed E-state index contributed by atoms with van der Waals surface area (Å²) in [6.45, 7) is 0. The second-order valence-electron chi connectivity index (χ2n) is 4.17. The monoisotopic (exact) mass is 239 g/mol. The highest BCUT2D eigenvalue weighted by molar-refractivity contribution is 7.99. The molecule has 88 valence electrons. The highest BCUT2D eigenvalue weighted by Gasteiger charge is 2.25. The maximum atomic E-state index is 10.3. The molecule has 1 heterocycles. The second-order valence-corrected chi connectivity index (χ2v) is 5.40. The van der Waals surface area contributed by atoms with Crippen LogP contribution in [0.5, 0.6) is 5.75 Å². The Bertz CT molecular complexity index is 364. The lowest BCUT2D eigenvalue weighted by Gasteiger charge is -2.27. The zero-order chi connectivity index (χ0) is 11.5. The topological polar surface area (TPSA) is 66.5 Å². The van der Waals surface area contributed by atoms with Crippen molar-refractivity contribution in [1.82, 2.24) is 0 Å². The highest BCUT2D eigenvalue weighted by Crippen LogP contribution is 2.37. The molecule has 0 amide bonds. The van der Waals surface area contributed by atoms with E-state index in [1.54, 1.807) is 18.2 Å². The molecule has 1 aromatic carbocycles. The molecule has 1 aromatic rings. The van der Waals surface area contributed by atoms with Crippen LogP contribution >= 0.6 is 11.8 Å². The van der Waals surface area contributed by atoms with Gasteiger partial charge in [0.15, 0.2) is 0 Å². The number of para-hydroxylation sites is 1. The van der Waals surface area contributed by atoms with Crippen LogP contribution in [0, 0.1) is 5.92 Å². The van der Waals surface area contributed by atoms with Gasteiger partial charge in [0, 0.05) is 5.56 Å². The van der Waals surface area contributed by atoms with Crippen LogP contribution in [0.25, 0.3) is 0 Å². The summed E-state index contributed by atoms with van der Waals surface area (Å²) >= 11 is 1.93. The molecule has 4 N–H and O–H groups in total. The number of rotatable bonds is 2. The molecule has 1 unspecified atom stereocenters. The number of aliphatic hydroxyl groups excluding tert-OH is 1. The predicted octanol–water partition coefficient (Wildman–Crippen LogP) is 2.15. The molecular formula is C12H17NO2S. The molecule has 0 saturated carbocycles. The van der Waals surface area contributed by atoms with Gasteiger partial charge in [0.2, 0.25) is 0 Å². The number of benzene rings is 1. The molecule has 1 aliphatic rings. The Labute approximate surface area is 99.7 Å². The minimum atomic E-state index is -0.548. The first-order valence-corrected chi connectivity index (χ1v) is 6.69. The van der Waals surface area contributed by atoms with E-state index >= 15 is 0 Å². The first-order chi connectivity index (χ1) is 7.70. The minimum Gasteiger partial charge on any atom is -0.506 e. The Morgan fingerprint density at radius 3 is 2.69 bits per heavy atom. The van der Waals surface area contributed by atoms with E-state index in [-0.39, 0.29) is 11.7 Å². The quantitative estimate of drug-likeness (QED) is 0.546. The van der Waals surface area contributed by atoms with Gasteiger partial charge in [-0.2, -0.15) is 11.8 Å². The van der Waals surface area contributed by atoms with Crippen molar-refractivity contribution in [2.24, 2.45) is 5.92 Å². The lowest BCUT2D eigenvalue weighted by atomic mass is 9.90. The summed E-state index contributed by atoms with van der Waals surface area (Å²) in [5.74, 6) is 2.52. The predicted molar refractivity (Wildman–Crippen MR) is 67.5 cm³/mol. The molecule has 2 rings (SSSR count). The fourth-order valence-corrected chi connectivity index (χ4v) is 3.26. The summed E-state index contributed by atoms with van der Waals surface area (Å²) in [5.41, 5.74) is 6.75. The van der Waals surface area contributed by atoms with E-state index in [9.17, 15) is 10.2 Å². The van der Waals surface area contributed by atoms with Gasteiger partial charge < -0.3 is 15.9 Å². The zero-order valence-electron chi connectivity index (χ0n) is 9.10. The molecule has 16 heavy (non-hydrogen) atoms. The molecule has 0 aromatic heterocycles. The van der Waals surface area contributed by atoms with Crippen molar-refractivity contribution in [2.45, 2.75) is 18.9 Å². The molecule has 1 saturated heterocycles. The number of nitrogens with two attached hydrogens (primary N) is 1. The van der Waals surface area contributed by atoms with Gasteiger partial charge in [-0.3, -0.25) is 0 Å². The normalized spacial score (nSPS) is 19.6. The van der Waals surface area contributed by atoms with E-state index in [2.05, 4.69) is 0 Å². The molecule has 1 fully saturated rings. The second kappa shape index (κ2) is 4.97. The van der Waals surface area contributed by atoms with E-state index in [0.29, 0.717) is 11.3 Å². The minimum absolute atomic E-state index is 0.0572. The number of aliphatic hydroxyl groups is 1. The average Bonchev–Trinajstić information content (AvgIpc) is 2.33. The van der Waals surface area contributed by atoms with E-state index in [1.165, 1.54) is 0 Å². The van der Waals surface area contributed by atoms with Crippen LogP contribution in [0.1, 0.15) is 24.5 Å². The number of phenolic OH excluding ortho intramolecular Hbond substituents is 1. The van der Waals surface area contributed by atoms with Gasteiger partial charge in [-0.05, 0) is 36.3 Å². The van der Waals surface area contributed by atoms with Crippen molar-refractivity contribution < 1.29 is 10.2 Å². The summed E-state index contributed by atoms with van der Waals surface area (Å²) < 4.78 is 0. The van der Waals surface area contributed by atoms with Gasteiger partial charge in [0.1, 0.15) is 5.75 Å². The summed E-state index contributed by atoms with van der Waals surface area (Å²) in [5, 5.41) is 19.8. The Morgan fingerprint density at radius 2 is 2.00 bits per heavy atom. The number of phenols is 1. The van der Waals surface area contributed by atoms with Crippen LogP contribution in [0.4, 0.5) is 5.69 Å². The third-order valence-corrected chi connectivity index (χ3v) is 4.20. The molecule has 0 radical (unpaired) electrons. The summed E-state index contributed by atoms with van der Waals surface area (Å²) in [6, 6.07) is 5.06. The summed E-state index contributed by atoms with van der Waals surface area (Å²) in [7, 11) is 0. The van der Waals surface area contributed by atoms with Gasteiger partial charge in [-0.15, -0.1) is 0 Å². The Kier molecular flexibility index (Phi) is 3.61. The number of hydrogen-bond donors (Lipinski definition) is 3. The van der Waals surface area contributed by atoms with Crippen molar-refractivity contribution in [3.63, 3.8) is 0 Å². The van der Waals surface area contributed by atoms with Crippen molar-refractivity contribution in [3.05, 3.63) is 23.8 Å². The molecule has 1 atom stereocenters. The lowest BCUT2D eigenvalue weighted by Crippen LogP contribution is -2.19. The molecular weight excluding hydrogens is 222 g/mol. The fraction of sp³-hybridized carbons (Fsp3) is 0.500. The summed E-state index contributed by atoms with van der Waals surface area (Å²) in [4.78, 5) is 0. The zero-order valence-corrected chi connectivity index (χ0v) is 9.91.